The minimum Gasteiger partial charge on any atom is -0.545 e. The quantitative estimate of drug-likeness (QED) is 0.378. The van der Waals surface area contributed by atoms with Crippen molar-refractivity contribution in [1.82, 2.24) is 4.98 Å². The predicted octanol–water partition coefficient (Wildman–Crippen LogP) is 4.12. The van der Waals surface area contributed by atoms with Crippen LogP contribution in [0.3, 0.4) is 0 Å². The average Bonchev–Trinajstić information content (AvgIpc) is 2.27. The van der Waals surface area contributed by atoms with E-state index in [-0.39, 0.29) is 20.1 Å². The molecule has 0 amide bonds. The zero-order valence-electron chi connectivity index (χ0n) is 12.8. The van der Waals surface area contributed by atoms with Gasteiger partial charge in [-0.1, -0.05) is 6.07 Å². The molecule has 0 atom stereocenters. The van der Waals surface area contributed by atoms with Gasteiger partial charge >= 0.3 is 0 Å². The van der Waals surface area contributed by atoms with E-state index in [1.807, 2.05) is 12.3 Å². The van der Waals surface area contributed by atoms with Gasteiger partial charge in [-0.15, -0.1) is 0 Å². The first kappa shape index (κ1) is 21.2. The summed E-state index contributed by atoms with van der Waals surface area (Å²) in [5.74, 6) is 0. The molecule has 1 heterocycles. The second-order valence-corrected chi connectivity index (χ2v) is 10.8. The predicted molar refractivity (Wildman–Crippen MR) is 82.5 cm³/mol. The smallest absolute Gasteiger partial charge is 0.1000 e. The largest absolute Gasteiger partial charge is 0.545 e. The molecular formula is C15H26IrNOP. The standard InChI is InChI=1S/C14H24NP.CHO.Ir/c1-13(2,3)16(14(4,5)6)11-12-9-7-8-10-15-12;1-2;/h7-10H,11H2,1-6H3;1H;/q;-1;/p+1. The van der Waals surface area contributed by atoms with Gasteiger partial charge in [-0.2, -0.15) is 0 Å². The van der Waals surface area contributed by atoms with Crippen molar-refractivity contribution in [2.45, 2.75) is 58.0 Å². The molecule has 0 N–H and O–H groups in total. The molecule has 1 aromatic heterocycles. The zero-order valence-corrected chi connectivity index (χ0v) is 16.2. The van der Waals surface area contributed by atoms with Crippen molar-refractivity contribution in [2.24, 2.45) is 0 Å². The van der Waals surface area contributed by atoms with E-state index in [1.54, 1.807) is 0 Å². The summed E-state index contributed by atoms with van der Waals surface area (Å²) in [5, 5.41) is 0.834. The van der Waals surface area contributed by atoms with E-state index in [9.17, 15) is 0 Å². The Morgan fingerprint density at radius 2 is 1.53 bits per heavy atom. The Bertz CT molecular complexity index is 329. The van der Waals surface area contributed by atoms with Crippen molar-refractivity contribution in [3.8, 4) is 0 Å². The van der Waals surface area contributed by atoms with Crippen LogP contribution in [-0.2, 0) is 31.1 Å². The number of rotatable bonds is 2. The topological polar surface area (TPSA) is 30.0 Å². The Hall–Kier alpha value is -0.101. The monoisotopic (exact) mass is 460 g/mol. The van der Waals surface area contributed by atoms with Crippen LogP contribution in [0.5, 0.6) is 0 Å². The number of hydrogen-bond acceptors (Lipinski definition) is 2. The van der Waals surface area contributed by atoms with Crippen molar-refractivity contribution in [1.29, 1.82) is 0 Å². The van der Waals surface area contributed by atoms with Gasteiger partial charge in [0.15, 0.2) is 0 Å². The maximum atomic E-state index is 7.75. The van der Waals surface area contributed by atoms with Gasteiger partial charge in [0.25, 0.3) is 0 Å². The molecule has 0 spiro atoms. The van der Waals surface area contributed by atoms with Crippen LogP contribution in [-0.4, -0.2) is 22.1 Å². The first-order chi connectivity index (χ1) is 8.21. The fraction of sp³-hybridized carbons (Fsp3) is 0.600. The summed E-state index contributed by atoms with van der Waals surface area (Å²) < 4.78 is 0. The third-order valence-corrected chi connectivity index (χ3v) is 7.23. The molecule has 0 saturated heterocycles. The van der Waals surface area contributed by atoms with Crippen LogP contribution < -0.4 is 0 Å². The number of nitrogens with zero attached hydrogens (tertiary/aromatic N) is 1. The molecule has 0 aliphatic rings. The van der Waals surface area contributed by atoms with Crippen molar-refractivity contribution in [3.05, 3.63) is 30.1 Å². The fourth-order valence-corrected chi connectivity index (χ4v) is 6.22. The average molecular weight is 460 g/mol. The minimum absolute atomic E-state index is 0. The van der Waals surface area contributed by atoms with E-state index in [0.717, 1.165) is 0 Å². The summed E-state index contributed by atoms with van der Waals surface area (Å²) in [6, 6.07) is 6.24. The van der Waals surface area contributed by atoms with E-state index < -0.39 is 7.92 Å². The second-order valence-electron chi connectivity index (χ2n) is 6.48. The summed E-state index contributed by atoms with van der Waals surface area (Å²) >= 11 is 0. The molecule has 0 bridgehead atoms. The van der Waals surface area contributed by atoms with Crippen LogP contribution in [0.15, 0.2) is 24.4 Å². The zero-order chi connectivity index (χ0) is 14.4. The number of pyridine rings is 1. The Morgan fingerprint density at radius 3 is 1.84 bits per heavy atom. The van der Waals surface area contributed by atoms with Crippen LogP contribution in [0.1, 0.15) is 47.2 Å². The summed E-state index contributed by atoms with van der Waals surface area (Å²) in [6.07, 6.45) is 3.07. The molecule has 111 valence electrons. The Kier molecular flexibility index (Phi) is 9.99. The van der Waals surface area contributed by atoms with Crippen LogP contribution in [0, 0.1) is 0 Å². The molecule has 2 nitrogen and oxygen atoms in total. The van der Waals surface area contributed by atoms with E-state index in [4.69, 9.17) is 4.79 Å². The molecule has 4 heteroatoms. The Balaban J connectivity index is 0. The molecule has 0 aliphatic heterocycles. The van der Waals surface area contributed by atoms with E-state index in [2.05, 4.69) is 65.4 Å². The van der Waals surface area contributed by atoms with Crippen molar-refractivity contribution in [3.63, 3.8) is 0 Å². The van der Waals surface area contributed by atoms with Crippen LogP contribution >= 0.6 is 7.92 Å². The second kappa shape index (κ2) is 8.95. The van der Waals surface area contributed by atoms with Crippen LogP contribution in [0.25, 0.3) is 0 Å². The van der Waals surface area contributed by atoms with Gasteiger partial charge in [0.2, 0.25) is 0 Å². The van der Waals surface area contributed by atoms with E-state index in [0.29, 0.717) is 10.3 Å². The van der Waals surface area contributed by atoms with Crippen molar-refractivity contribution in [2.75, 3.05) is 0 Å². The third kappa shape index (κ3) is 7.92. The van der Waals surface area contributed by atoms with Gasteiger partial charge in [-0.25, -0.2) is 0 Å². The molecule has 0 aliphatic carbocycles. The summed E-state index contributed by atoms with van der Waals surface area (Å²) in [5.41, 5.74) is 1.25. The molecule has 1 aromatic rings. The van der Waals surface area contributed by atoms with Gasteiger partial charge in [0.1, 0.15) is 0 Å². The van der Waals surface area contributed by atoms with Crippen LogP contribution in [0.2, 0.25) is 0 Å². The maximum Gasteiger partial charge on any atom is 0.1000 e. The minimum atomic E-state index is -0.491. The number of aromatic nitrogens is 1. The molecule has 0 saturated carbocycles. The van der Waals surface area contributed by atoms with Crippen molar-refractivity contribution < 1.29 is 24.9 Å². The Morgan fingerprint density at radius 1 is 1.05 bits per heavy atom. The molecule has 0 aromatic carbocycles. The Labute approximate surface area is 132 Å². The maximum absolute atomic E-state index is 7.75. The fourth-order valence-electron chi connectivity index (χ4n) is 2.34. The van der Waals surface area contributed by atoms with Gasteiger partial charge in [0.05, 0.1) is 22.2 Å². The summed E-state index contributed by atoms with van der Waals surface area (Å²) in [7, 11) is -0.491. The molecule has 0 fully saturated rings. The number of hydrogen-bond donors (Lipinski definition) is 0. The van der Waals surface area contributed by atoms with Gasteiger partial charge < -0.3 is 4.79 Å². The molecule has 1 rings (SSSR count). The normalized spacial score (nSPS) is 11.3. The van der Waals surface area contributed by atoms with E-state index in [1.165, 1.54) is 11.9 Å². The first-order valence-corrected chi connectivity index (χ1v) is 7.92. The molecule has 19 heavy (non-hydrogen) atoms. The molecule has 0 unspecified atom stereocenters. The SMILES string of the molecule is CC(C)(C)[PH+](Cc1ccccn1)C(C)(C)C.[CH-]=O.[Ir]. The van der Waals surface area contributed by atoms with Crippen molar-refractivity contribution >= 4 is 14.7 Å². The van der Waals surface area contributed by atoms with Gasteiger partial charge in [-0.3, -0.25) is 11.8 Å². The van der Waals surface area contributed by atoms with Crippen LogP contribution in [0.4, 0.5) is 0 Å². The van der Waals surface area contributed by atoms with Gasteiger partial charge in [-0.05, 0) is 53.7 Å². The summed E-state index contributed by atoms with van der Waals surface area (Å²) in [4.78, 5) is 12.2. The number of carbonyl (C=O) groups excluding carboxylic acids is 1. The summed E-state index contributed by atoms with van der Waals surface area (Å²) in [6.45, 7) is 17.5. The first-order valence-electron chi connectivity index (χ1n) is 6.21. The molecular weight excluding hydrogens is 433 g/mol. The molecule has 1 radical (unpaired) electrons. The third-order valence-electron chi connectivity index (χ3n) is 2.89. The van der Waals surface area contributed by atoms with Gasteiger partial charge in [0, 0.05) is 34.2 Å². The van der Waals surface area contributed by atoms with E-state index >= 15 is 0 Å².